The maximum absolute atomic E-state index is 12.9. The van der Waals surface area contributed by atoms with Gasteiger partial charge in [-0.15, -0.1) is 0 Å². The van der Waals surface area contributed by atoms with E-state index in [9.17, 15) is 30.3 Å². The Morgan fingerprint density at radius 2 is 1.13 bits per heavy atom. The smallest absolute Gasteiger partial charge is 0.220 e. The number of hydrogen-bond donors (Lipinski definition) is 6. The molecule has 1 fully saturated rings. The number of aliphatic hydroxyl groups excluding tert-OH is 5. The van der Waals surface area contributed by atoms with Gasteiger partial charge in [0, 0.05) is 6.42 Å². The average Bonchev–Trinajstić information content (AvgIpc) is 3.17. The van der Waals surface area contributed by atoms with Crippen molar-refractivity contribution in [3.63, 3.8) is 0 Å². The van der Waals surface area contributed by atoms with E-state index in [-0.39, 0.29) is 12.5 Å². The first kappa shape index (κ1) is 49.9. The van der Waals surface area contributed by atoms with Crippen LogP contribution in [0.3, 0.4) is 0 Å². The van der Waals surface area contributed by atoms with Gasteiger partial charge in [-0.3, -0.25) is 4.79 Å². The molecule has 312 valence electrons. The van der Waals surface area contributed by atoms with Crippen LogP contribution in [0, 0.1) is 0 Å². The van der Waals surface area contributed by atoms with Gasteiger partial charge in [-0.05, 0) is 70.6 Å². The number of unbranched alkanes of at least 4 members (excludes halogenated alkanes) is 16. The van der Waals surface area contributed by atoms with Gasteiger partial charge in [0.1, 0.15) is 24.4 Å². The summed E-state index contributed by atoms with van der Waals surface area (Å²) in [5.41, 5.74) is 0. The first-order valence-corrected chi connectivity index (χ1v) is 21.5. The van der Waals surface area contributed by atoms with E-state index in [1.807, 2.05) is 6.08 Å². The highest BCUT2D eigenvalue weighted by atomic mass is 16.7. The molecule has 9 nitrogen and oxygen atoms in total. The normalized spacial score (nSPS) is 22.1. The molecule has 1 amide bonds. The summed E-state index contributed by atoms with van der Waals surface area (Å²) >= 11 is 0. The second-order valence-corrected chi connectivity index (χ2v) is 14.8. The van der Waals surface area contributed by atoms with E-state index in [0.29, 0.717) is 6.42 Å². The second kappa shape index (κ2) is 35.3. The summed E-state index contributed by atoms with van der Waals surface area (Å²) in [7, 11) is 0. The fourth-order valence-corrected chi connectivity index (χ4v) is 6.26. The summed E-state index contributed by atoms with van der Waals surface area (Å²) < 4.78 is 11.2. The molecule has 0 aromatic rings. The zero-order valence-electron chi connectivity index (χ0n) is 34.0. The summed E-state index contributed by atoms with van der Waals surface area (Å²) in [6, 6.07) is -0.835. The SMILES string of the molecule is CCCC/C=C\C/C=C\CCCCCCCC(=O)NC(COC1OC(CO)C(O)C(O)C1O)C(O)/C=C/CC/C=C/CC/C=C/CCCCCCCCC. The molecule has 1 rings (SSSR count). The van der Waals surface area contributed by atoms with Gasteiger partial charge < -0.3 is 40.3 Å². The van der Waals surface area contributed by atoms with Gasteiger partial charge in [-0.2, -0.15) is 0 Å². The molecule has 0 spiro atoms. The van der Waals surface area contributed by atoms with Crippen LogP contribution in [0.5, 0.6) is 0 Å². The second-order valence-electron chi connectivity index (χ2n) is 14.8. The van der Waals surface area contributed by atoms with E-state index in [0.717, 1.165) is 83.5 Å². The number of aliphatic hydroxyl groups is 5. The van der Waals surface area contributed by atoms with Gasteiger partial charge in [0.2, 0.25) is 5.91 Å². The van der Waals surface area contributed by atoms with Gasteiger partial charge in [0.15, 0.2) is 6.29 Å². The lowest BCUT2D eigenvalue weighted by Crippen LogP contribution is -2.60. The van der Waals surface area contributed by atoms with Crippen LogP contribution >= 0.6 is 0 Å². The summed E-state index contributed by atoms with van der Waals surface area (Å²) in [5.74, 6) is -0.209. The number of amides is 1. The van der Waals surface area contributed by atoms with E-state index < -0.39 is 49.5 Å². The standard InChI is InChI=1S/C45H79NO8/c1-3-5-7-9-11-13-15-17-19-20-21-22-24-26-28-30-32-34-39(48)38(37-53-45-44(52)43(51)42(50)40(36-47)54-45)46-41(49)35-33-31-29-27-25-23-18-16-14-12-10-8-6-4-2/h10,12,16,18-20,24,26,32,34,38-40,42-45,47-48,50-52H,3-9,11,13-15,17,21-23,25,27-31,33,35-37H2,1-2H3,(H,46,49)/b12-10-,18-16-,20-19+,26-24+,34-32+. The molecule has 54 heavy (non-hydrogen) atoms. The van der Waals surface area contributed by atoms with Gasteiger partial charge in [-0.1, -0.05) is 145 Å². The highest BCUT2D eigenvalue weighted by Gasteiger charge is 2.44. The Morgan fingerprint density at radius 3 is 1.72 bits per heavy atom. The first-order chi connectivity index (χ1) is 26.3. The molecule has 0 radical (unpaired) electrons. The minimum Gasteiger partial charge on any atom is -0.394 e. The van der Waals surface area contributed by atoms with Crippen molar-refractivity contribution in [3.05, 3.63) is 60.8 Å². The number of carbonyl (C=O) groups excluding carboxylic acids is 1. The monoisotopic (exact) mass is 762 g/mol. The fourth-order valence-electron chi connectivity index (χ4n) is 6.26. The Morgan fingerprint density at radius 1 is 0.630 bits per heavy atom. The zero-order chi connectivity index (χ0) is 39.5. The van der Waals surface area contributed by atoms with Crippen LogP contribution < -0.4 is 5.32 Å². The number of hydrogen-bond acceptors (Lipinski definition) is 8. The molecular weight excluding hydrogens is 682 g/mol. The molecule has 0 saturated carbocycles. The van der Waals surface area contributed by atoms with E-state index in [1.54, 1.807) is 6.08 Å². The predicted octanol–water partition coefficient (Wildman–Crippen LogP) is 8.44. The maximum Gasteiger partial charge on any atom is 0.220 e. The van der Waals surface area contributed by atoms with Crippen molar-refractivity contribution < 1.29 is 39.8 Å². The van der Waals surface area contributed by atoms with Crippen LogP contribution in [0.2, 0.25) is 0 Å². The molecule has 1 heterocycles. The average molecular weight is 762 g/mol. The van der Waals surface area contributed by atoms with Crippen molar-refractivity contribution >= 4 is 5.91 Å². The third-order valence-electron chi connectivity index (χ3n) is 9.79. The van der Waals surface area contributed by atoms with Crippen LogP contribution in [0.15, 0.2) is 60.8 Å². The number of nitrogens with one attached hydrogen (secondary N) is 1. The molecule has 0 aromatic carbocycles. The van der Waals surface area contributed by atoms with Crippen molar-refractivity contribution in [2.24, 2.45) is 0 Å². The zero-order valence-corrected chi connectivity index (χ0v) is 34.0. The highest BCUT2D eigenvalue weighted by Crippen LogP contribution is 2.22. The van der Waals surface area contributed by atoms with Gasteiger partial charge >= 0.3 is 0 Å². The van der Waals surface area contributed by atoms with Crippen LogP contribution in [0.4, 0.5) is 0 Å². The number of ether oxygens (including phenoxy) is 2. The fraction of sp³-hybridized carbons (Fsp3) is 0.756. The molecule has 1 aliphatic rings. The lowest BCUT2D eigenvalue weighted by Gasteiger charge is -2.40. The van der Waals surface area contributed by atoms with E-state index in [4.69, 9.17) is 9.47 Å². The van der Waals surface area contributed by atoms with Crippen molar-refractivity contribution in [2.45, 2.75) is 204 Å². The molecule has 0 aromatic heterocycles. The van der Waals surface area contributed by atoms with Crippen molar-refractivity contribution in [1.82, 2.24) is 5.32 Å². The Hall–Kier alpha value is -2.11. The Kier molecular flexibility index (Phi) is 32.6. The van der Waals surface area contributed by atoms with E-state index in [2.05, 4.69) is 67.8 Å². The third-order valence-corrected chi connectivity index (χ3v) is 9.79. The topological polar surface area (TPSA) is 149 Å². The minimum absolute atomic E-state index is 0.209. The maximum atomic E-state index is 12.9. The molecule has 7 unspecified atom stereocenters. The molecule has 1 aliphatic heterocycles. The lowest BCUT2D eigenvalue weighted by atomic mass is 9.99. The molecule has 1 saturated heterocycles. The molecule has 7 atom stereocenters. The molecule has 9 heteroatoms. The van der Waals surface area contributed by atoms with Crippen molar-refractivity contribution in [2.75, 3.05) is 13.2 Å². The molecule has 0 aliphatic carbocycles. The Bertz CT molecular complexity index is 1030. The highest BCUT2D eigenvalue weighted by molar-refractivity contribution is 5.76. The third kappa shape index (κ3) is 25.9. The van der Waals surface area contributed by atoms with Crippen LogP contribution in [-0.2, 0) is 14.3 Å². The molecule has 6 N–H and O–H groups in total. The van der Waals surface area contributed by atoms with E-state index in [1.165, 1.54) is 57.8 Å². The quantitative estimate of drug-likeness (QED) is 0.0283. The number of rotatable bonds is 34. The summed E-state index contributed by atoms with van der Waals surface area (Å²) in [4.78, 5) is 12.9. The largest absolute Gasteiger partial charge is 0.394 e. The minimum atomic E-state index is -1.58. The Labute approximate surface area is 328 Å². The summed E-state index contributed by atoms with van der Waals surface area (Å²) in [6.07, 6.45) is 38.3. The first-order valence-electron chi connectivity index (χ1n) is 21.5. The van der Waals surface area contributed by atoms with Gasteiger partial charge in [-0.25, -0.2) is 0 Å². The molecule has 0 bridgehead atoms. The lowest BCUT2D eigenvalue weighted by molar-refractivity contribution is -0.302. The summed E-state index contributed by atoms with van der Waals surface area (Å²) in [6.45, 7) is 3.67. The van der Waals surface area contributed by atoms with Crippen molar-refractivity contribution in [3.8, 4) is 0 Å². The summed E-state index contributed by atoms with van der Waals surface area (Å²) in [5, 5.41) is 54.0. The van der Waals surface area contributed by atoms with Crippen LogP contribution in [0.25, 0.3) is 0 Å². The van der Waals surface area contributed by atoms with Crippen LogP contribution in [-0.4, -0.2) is 87.5 Å². The van der Waals surface area contributed by atoms with E-state index >= 15 is 0 Å². The Balaban J connectivity index is 2.46. The van der Waals surface area contributed by atoms with Gasteiger partial charge in [0.25, 0.3) is 0 Å². The van der Waals surface area contributed by atoms with Gasteiger partial charge in [0.05, 0.1) is 25.4 Å². The van der Waals surface area contributed by atoms with Crippen LogP contribution in [0.1, 0.15) is 162 Å². The number of carbonyl (C=O) groups is 1. The molecular formula is C45H79NO8. The number of allylic oxidation sites excluding steroid dienone is 9. The predicted molar refractivity (Wildman–Crippen MR) is 221 cm³/mol. The van der Waals surface area contributed by atoms with Crippen molar-refractivity contribution in [1.29, 1.82) is 0 Å².